The van der Waals surface area contributed by atoms with Crippen molar-refractivity contribution in [1.29, 1.82) is 0 Å². The Morgan fingerprint density at radius 3 is 2.53 bits per heavy atom. The van der Waals surface area contributed by atoms with Gasteiger partial charge in [-0.05, 0) is 55.3 Å². The Balaban J connectivity index is 1.36. The Labute approximate surface area is 203 Å². The van der Waals surface area contributed by atoms with Crippen LogP contribution in [0.15, 0.2) is 64.4 Å². The number of imide groups is 1. The summed E-state index contributed by atoms with van der Waals surface area (Å²) in [4.78, 5) is 39.3. The van der Waals surface area contributed by atoms with Gasteiger partial charge in [-0.25, -0.2) is 8.42 Å². The van der Waals surface area contributed by atoms with Gasteiger partial charge in [0.25, 0.3) is 11.1 Å². The number of thioether (sulfide) groups is 1. The summed E-state index contributed by atoms with van der Waals surface area (Å²) in [5.74, 6) is -0.836. The van der Waals surface area contributed by atoms with Crippen molar-refractivity contribution in [2.75, 3.05) is 19.6 Å². The predicted molar refractivity (Wildman–Crippen MR) is 130 cm³/mol. The first kappa shape index (κ1) is 24.2. The van der Waals surface area contributed by atoms with Crippen LogP contribution in [0.25, 0.3) is 6.08 Å². The van der Waals surface area contributed by atoms with Crippen molar-refractivity contribution in [1.82, 2.24) is 14.5 Å². The smallest absolute Gasteiger partial charge is 0.293 e. The van der Waals surface area contributed by atoms with Gasteiger partial charge < -0.3 is 5.32 Å². The number of benzene rings is 2. The molecule has 1 atom stereocenters. The molecule has 2 heterocycles. The zero-order valence-electron chi connectivity index (χ0n) is 18.6. The van der Waals surface area contributed by atoms with Crippen molar-refractivity contribution in [3.8, 4) is 0 Å². The number of carbonyl (C=O) groups is 3. The SMILES string of the molecule is Cc1ccc(S(=O)(=O)N2CCCC2C(=O)NCCN2C(=O)S/C(=C/c3ccccc3)C2=O)cc1. The van der Waals surface area contributed by atoms with Crippen molar-refractivity contribution >= 4 is 44.9 Å². The molecule has 34 heavy (non-hydrogen) atoms. The summed E-state index contributed by atoms with van der Waals surface area (Å²) < 4.78 is 27.3. The first-order valence-electron chi connectivity index (χ1n) is 10.9. The number of hydrogen-bond acceptors (Lipinski definition) is 6. The summed E-state index contributed by atoms with van der Waals surface area (Å²) in [6.45, 7) is 2.20. The number of sulfonamides is 1. The zero-order valence-corrected chi connectivity index (χ0v) is 20.3. The van der Waals surface area contributed by atoms with E-state index in [0.717, 1.165) is 27.8 Å². The molecule has 8 nitrogen and oxygen atoms in total. The van der Waals surface area contributed by atoms with Crippen LogP contribution in [0.2, 0.25) is 0 Å². The van der Waals surface area contributed by atoms with E-state index in [0.29, 0.717) is 17.7 Å². The molecule has 2 aliphatic rings. The van der Waals surface area contributed by atoms with E-state index < -0.39 is 33.1 Å². The van der Waals surface area contributed by atoms with Crippen LogP contribution in [-0.4, -0.2) is 60.4 Å². The summed E-state index contributed by atoms with van der Waals surface area (Å²) in [5, 5.41) is 2.30. The maximum absolute atomic E-state index is 13.1. The average molecular weight is 500 g/mol. The number of amides is 3. The second kappa shape index (κ2) is 10.1. The maximum atomic E-state index is 13.1. The molecule has 1 N–H and O–H groups in total. The Morgan fingerprint density at radius 1 is 1.12 bits per heavy atom. The standard InChI is InChI=1S/C24H25N3O5S2/c1-17-9-11-19(12-10-17)34(31,32)27-14-5-8-20(27)22(28)25-13-15-26-23(29)21(33-24(26)30)16-18-6-3-2-4-7-18/h2-4,6-7,9-12,16,20H,5,8,13-15H2,1H3,(H,25,28)/b21-16+. The van der Waals surface area contributed by atoms with Gasteiger partial charge in [-0.1, -0.05) is 48.0 Å². The van der Waals surface area contributed by atoms with Crippen molar-refractivity contribution in [3.05, 3.63) is 70.6 Å². The van der Waals surface area contributed by atoms with E-state index in [1.54, 1.807) is 30.3 Å². The lowest BCUT2D eigenvalue weighted by molar-refractivity contribution is -0.125. The highest BCUT2D eigenvalue weighted by molar-refractivity contribution is 8.18. The van der Waals surface area contributed by atoms with Crippen LogP contribution in [0.1, 0.15) is 24.0 Å². The van der Waals surface area contributed by atoms with Gasteiger partial charge in [0.1, 0.15) is 6.04 Å². The summed E-state index contributed by atoms with van der Waals surface area (Å²) in [5.41, 5.74) is 1.76. The fourth-order valence-electron chi connectivity index (χ4n) is 3.94. The molecule has 3 amide bonds. The summed E-state index contributed by atoms with van der Waals surface area (Å²) >= 11 is 0.861. The number of hydrogen-bond donors (Lipinski definition) is 1. The van der Waals surface area contributed by atoms with Gasteiger partial charge in [-0.15, -0.1) is 0 Å². The number of rotatable bonds is 7. The zero-order chi connectivity index (χ0) is 24.3. The van der Waals surface area contributed by atoms with Crippen LogP contribution >= 0.6 is 11.8 Å². The van der Waals surface area contributed by atoms with E-state index in [2.05, 4.69) is 5.32 Å². The van der Waals surface area contributed by atoms with E-state index in [-0.39, 0.29) is 24.5 Å². The summed E-state index contributed by atoms with van der Waals surface area (Å²) in [6.07, 6.45) is 2.66. The van der Waals surface area contributed by atoms with E-state index in [9.17, 15) is 22.8 Å². The molecular weight excluding hydrogens is 474 g/mol. The van der Waals surface area contributed by atoms with Crippen LogP contribution in [-0.2, 0) is 19.6 Å². The van der Waals surface area contributed by atoms with E-state index in [1.165, 1.54) is 4.31 Å². The van der Waals surface area contributed by atoms with Gasteiger partial charge in [-0.3, -0.25) is 19.3 Å². The molecule has 0 saturated carbocycles. The lowest BCUT2D eigenvalue weighted by Crippen LogP contribution is -2.47. The highest BCUT2D eigenvalue weighted by atomic mass is 32.2. The minimum atomic E-state index is -3.80. The van der Waals surface area contributed by atoms with Gasteiger partial charge in [0, 0.05) is 19.6 Å². The molecule has 0 spiro atoms. The van der Waals surface area contributed by atoms with Gasteiger partial charge in [0.15, 0.2) is 0 Å². The number of nitrogens with zero attached hydrogens (tertiary/aromatic N) is 2. The molecule has 0 radical (unpaired) electrons. The number of aryl methyl sites for hydroxylation is 1. The van der Waals surface area contributed by atoms with Crippen molar-refractivity contribution in [2.24, 2.45) is 0 Å². The lowest BCUT2D eigenvalue weighted by Gasteiger charge is -2.24. The van der Waals surface area contributed by atoms with Crippen molar-refractivity contribution < 1.29 is 22.8 Å². The fourth-order valence-corrected chi connectivity index (χ4v) is 6.46. The molecule has 2 aliphatic heterocycles. The first-order valence-corrected chi connectivity index (χ1v) is 13.2. The predicted octanol–water partition coefficient (Wildman–Crippen LogP) is 3.00. The number of carbonyl (C=O) groups excluding carboxylic acids is 3. The van der Waals surface area contributed by atoms with Crippen molar-refractivity contribution in [3.63, 3.8) is 0 Å². The molecule has 0 aliphatic carbocycles. The summed E-state index contributed by atoms with van der Waals surface area (Å²) in [6, 6.07) is 14.9. The van der Waals surface area contributed by atoms with Gasteiger partial charge in [-0.2, -0.15) is 4.31 Å². The second-order valence-corrected chi connectivity index (χ2v) is 11.0. The topological polar surface area (TPSA) is 104 Å². The normalized spacial score (nSPS) is 20.3. The van der Waals surface area contributed by atoms with E-state index in [4.69, 9.17) is 0 Å². The molecule has 2 saturated heterocycles. The van der Waals surface area contributed by atoms with Gasteiger partial charge in [0.05, 0.1) is 9.80 Å². The van der Waals surface area contributed by atoms with Gasteiger partial charge >= 0.3 is 0 Å². The third kappa shape index (κ3) is 5.08. The van der Waals surface area contributed by atoms with E-state index in [1.807, 2.05) is 37.3 Å². The molecule has 4 rings (SSSR count). The molecule has 0 aromatic heterocycles. The molecular formula is C24H25N3O5S2. The fraction of sp³-hybridized carbons (Fsp3) is 0.292. The van der Waals surface area contributed by atoms with Crippen LogP contribution < -0.4 is 5.32 Å². The molecule has 1 unspecified atom stereocenters. The largest absolute Gasteiger partial charge is 0.353 e. The summed E-state index contributed by atoms with van der Waals surface area (Å²) in [7, 11) is -3.80. The van der Waals surface area contributed by atoms with Crippen molar-refractivity contribution in [2.45, 2.75) is 30.7 Å². The molecule has 10 heteroatoms. The molecule has 0 bridgehead atoms. The highest BCUT2D eigenvalue weighted by Gasteiger charge is 2.40. The minimum Gasteiger partial charge on any atom is -0.353 e. The Kier molecular flexibility index (Phi) is 7.20. The molecule has 2 aromatic carbocycles. The quantitative estimate of drug-likeness (QED) is 0.588. The molecule has 2 fully saturated rings. The van der Waals surface area contributed by atoms with Gasteiger partial charge in [0.2, 0.25) is 15.9 Å². The Hall–Kier alpha value is -2.95. The van der Waals surface area contributed by atoms with Crippen LogP contribution in [0.3, 0.4) is 0 Å². The minimum absolute atomic E-state index is 0.0139. The van der Waals surface area contributed by atoms with Crippen LogP contribution in [0.4, 0.5) is 4.79 Å². The van der Waals surface area contributed by atoms with E-state index >= 15 is 0 Å². The molecule has 178 valence electrons. The Morgan fingerprint density at radius 2 is 1.82 bits per heavy atom. The second-order valence-electron chi connectivity index (χ2n) is 8.12. The Bertz CT molecular complexity index is 1230. The van der Waals surface area contributed by atoms with Crippen LogP contribution in [0, 0.1) is 6.92 Å². The lowest BCUT2D eigenvalue weighted by atomic mass is 10.2. The monoisotopic (exact) mass is 499 g/mol. The third-order valence-corrected chi connectivity index (χ3v) is 8.57. The third-order valence-electron chi connectivity index (χ3n) is 5.74. The average Bonchev–Trinajstić information content (AvgIpc) is 3.41. The highest BCUT2D eigenvalue weighted by Crippen LogP contribution is 2.32. The first-order chi connectivity index (χ1) is 16.3. The maximum Gasteiger partial charge on any atom is 0.293 e. The van der Waals surface area contributed by atoms with Crippen LogP contribution in [0.5, 0.6) is 0 Å². The number of nitrogens with one attached hydrogen (secondary N) is 1. The molecule has 2 aromatic rings.